The largest absolute Gasteiger partial charge is 0.308 e. The molecule has 1 saturated heterocycles. The van der Waals surface area contributed by atoms with Crippen molar-refractivity contribution in [1.29, 1.82) is 0 Å². The van der Waals surface area contributed by atoms with Gasteiger partial charge in [-0.05, 0) is 33.6 Å². The van der Waals surface area contributed by atoms with Gasteiger partial charge >= 0.3 is 0 Å². The van der Waals surface area contributed by atoms with E-state index < -0.39 is 0 Å². The molecule has 2 unspecified atom stereocenters. The van der Waals surface area contributed by atoms with Gasteiger partial charge in [0.15, 0.2) is 0 Å². The maximum Gasteiger partial charge on any atom is 0.135 e. The average molecular weight is 213 g/mol. The molecule has 0 aromatic carbocycles. The van der Waals surface area contributed by atoms with Crippen LogP contribution in [0.2, 0.25) is 0 Å². The zero-order chi connectivity index (χ0) is 11.5. The summed E-state index contributed by atoms with van der Waals surface area (Å²) in [6.07, 6.45) is 2.61. The van der Waals surface area contributed by atoms with E-state index in [4.69, 9.17) is 0 Å². The highest BCUT2D eigenvalue weighted by Crippen LogP contribution is 2.27. The van der Waals surface area contributed by atoms with Crippen molar-refractivity contribution in [3.8, 4) is 0 Å². The molecule has 0 aliphatic carbocycles. The fourth-order valence-corrected chi connectivity index (χ4v) is 3.01. The Morgan fingerprint density at radius 1 is 1.20 bits per heavy atom. The Morgan fingerprint density at radius 2 is 1.80 bits per heavy atom. The summed E-state index contributed by atoms with van der Waals surface area (Å²) in [6, 6.07) is 1.63. The average Bonchev–Trinajstić information content (AvgIpc) is 2.67. The lowest BCUT2D eigenvalue weighted by molar-refractivity contribution is -0.939. The van der Waals surface area contributed by atoms with E-state index in [1.807, 2.05) is 0 Å². The van der Waals surface area contributed by atoms with E-state index in [1.165, 1.54) is 43.6 Å². The van der Waals surface area contributed by atoms with E-state index in [9.17, 15) is 0 Å². The summed E-state index contributed by atoms with van der Waals surface area (Å²) in [5.41, 5.74) is 0. The van der Waals surface area contributed by atoms with E-state index in [2.05, 4.69) is 39.5 Å². The summed E-state index contributed by atoms with van der Waals surface area (Å²) in [4.78, 5) is 2.70. The molecule has 0 radical (unpaired) electrons. The predicted octanol–water partition coefficient (Wildman–Crippen LogP) is 2.69. The topological polar surface area (TPSA) is 3.24 Å². The summed E-state index contributed by atoms with van der Waals surface area (Å²) in [5, 5.41) is 0. The van der Waals surface area contributed by atoms with Gasteiger partial charge in [0, 0.05) is 6.04 Å². The molecule has 15 heavy (non-hydrogen) atoms. The lowest BCUT2D eigenvalue weighted by Gasteiger charge is -2.37. The second kappa shape index (κ2) is 5.31. The van der Waals surface area contributed by atoms with Crippen LogP contribution in [0.25, 0.3) is 0 Å². The highest BCUT2D eigenvalue weighted by molar-refractivity contribution is 4.75. The van der Waals surface area contributed by atoms with E-state index in [0.29, 0.717) is 0 Å². The fraction of sp³-hybridized carbons (Fsp3) is 1.00. The molecule has 0 aromatic rings. The molecule has 2 atom stereocenters. The van der Waals surface area contributed by atoms with Crippen LogP contribution in [-0.2, 0) is 0 Å². The van der Waals surface area contributed by atoms with Crippen LogP contribution in [0.3, 0.4) is 0 Å². The molecule has 1 aliphatic rings. The van der Waals surface area contributed by atoms with Crippen LogP contribution in [0.15, 0.2) is 0 Å². The number of quaternary nitrogens is 1. The van der Waals surface area contributed by atoms with E-state index in [0.717, 1.165) is 12.1 Å². The molecule has 90 valence electrons. The maximum atomic E-state index is 2.70. The first kappa shape index (κ1) is 13.0. The molecule has 0 N–H and O–H groups in total. The zero-order valence-electron chi connectivity index (χ0n) is 11.3. The van der Waals surface area contributed by atoms with Crippen molar-refractivity contribution in [2.24, 2.45) is 0 Å². The molecule has 1 aliphatic heterocycles. The van der Waals surface area contributed by atoms with Gasteiger partial charge in [0.2, 0.25) is 0 Å². The van der Waals surface area contributed by atoms with E-state index in [1.54, 1.807) is 0 Å². The fourth-order valence-electron chi connectivity index (χ4n) is 3.01. The first-order valence-corrected chi connectivity index (χ1v) is 6.73. The van der Waals surface area contributed by atoms with Crippen LogP contribution in [0.5, 0.6) is 0 Å². The van der Waals surface area contributed by atoms with Gasteiger partial charge in [-0.15, -0.1) is 0 Å². The molecule has 1 heterocycles. The van der Waals surface area contributed by atoms with Gasteiger partial charge in [-0.1, -0.05) is 13.8 Å². The molecule has 2 nitrogen and oxygen atoms in total. The second-order valence-electron chi connectivity index (χ2n) is 5.08. The Labute approximate surface area is 95.8 Å². The first-order chi connectivity index (χ1) is 7.13. The summed E-state index contributed by atoms with van der Waals surface area (Å²) in [6.45, 7) is 16.9. The van der Waals surface area contributed by atoms with Crippen molar-refractivity contribution in [2.75, 3.05) is 26.3 Å². The van der Waals surface area contributed by atoms with Crippen LogP contribution in [-0.4, -0.2) is 47.8 Å². The minimum absolute atomic E-state index is 0.761. The van der Waals surface area contributed by atoms with Crippen molar-refractivity contribution >= 4 is 0 Å². The van der Waals surface area contributed by atoms with Gasteiger partial charge in [0.1, 0.15) is 12.7 Å². The van der Waals surface area contributed by atoms with Gasteiger partial charge < -0.3 is 4.48 Å². The number of hydrogen-bond acceptors (Lipinski definition) is 1. The third kappa shape index (κ3) is 2.36. The van der Waals surface area contributed by atoms with Crippen molar-refractivity contribution in [3.63, 3.8) is 0 Å². The smallest absolute Gasteiger partial charge is 0.135 e. The quantitative estimate of drug-likeness (QED) is 0.635. The normalized spacial score (nSPS) is 28.2. The molecule has 1 fully saturated rings. The first-order valence-electron chi connectivity index (χ1n) is 6.73. The molecule has 0 spiro atoms. The lowest BCUT2D eigenvalue weighted by Crippen LogP contribution is -2.52. The Morgan fingerprint density at radius 3 is 2.13 bits per heavy atom. The van der Waals surface area contributed by atoms with Gasteiger partial charge in [-0.2, -0.15) is 0 Å². The monoisotopic (exact) mass is 213 g/mol. The number of nitrogens with zero attached hydrogens (tertiary/aromatic N) is 2. The number of likely N-dealkylation sites (N-methyl/N-ethyl adjacent to an activating group) is 1. The number of hydrogen-bond donors (Lipinski definition) is 0. The van der Waals surface area contributed by atoms with Crippen molar-refractivity contribution < 1.29 is 4.48 Å². The highest BCUT2D eigenvalue weighted by Gasteiger charge is 2.43. The lowest BCUT2D eigenvalue weighted by atomic mass is 10.1. The van der Waals surface area contributed by atoms with Crippen LogP contribution in [0, 0.1) is 0 Å². The summed E-state index contributed by atoms with van der Waals surface area (Å²) in [7, 11) is 0. The summed E-state index contributed by atoms with van der Waals surface area (Å²) < 4.78 is 1.32. The SMILES string of the molecule is CCC(C)N1CC(CC)[N+](CC)(CC)C1. The minimum atomic E-state index is 0.761. The van der Waals surface area contributed by atoms with Gasteiger partial charge in [0.25, 0.3) is 0 Å². The van der Waals surface area contributed by atoms with Crippen LogP contribution >= 0.6 is 0 Å². The molecular formula is C13H29N2+. The Bertz CT molecular complexity index is 187. The molecule has 1 rings (SSSR count). The van der Waals surface area contributed by atoms with Crippen molar-refractivity contribution in [2.45, 2.75) is 59.5 Å². The third-order valence-corrected chi connectivity index (χ3v) is 4.63. The molecule has 0 bridgehead atoms. The Kier molecular flexibility index (Phi) is 4.60. The second-order valence-corrected chi connectivity index (χ2v) is 5.08. The zero-order valence-corrected chi connectivity index (χ0v) is 11.3. The maximum absolute atomic E-state index is 2.70. The van der Waals surface area contributed by atoms with E-state index >= 15 is 0 Å². The van der Waals surface area contributed by atoms with E-state index in [-0.39, 0.29) is 0 Å². The van der Waals surface area contributed by atoms with Crippen LogP contribution < -0.4 is 0 Å². The van der Waals surface area contributed by atoms with Crippen LogP contribution in [0.1, 0.15) is 47.5 Å². The number of rotatable bonds is 5. The van der Waals surface area contributed by atoms with Gasteiger partial charge in [-0.25, -0.2) is 4.90 Å². The molecule has 0 amide bonds. The van der Waals surface area contributed by atoms with Crippen molar-refractivity contribution in [1.82, 2.24) is 4.90 Å². The predicted molar refractivity (Wildman–Crippen MR) is 66.7 cm³/mol. The summed E-state index contributed by atoms with van der Waals surface area (Å²) in [5.74, 6) is 0. The Hall–Kier alpha value is -0.0800. The van der Waals surface area contributed by atoms with Gasteiger partial charge in [-0.3, -0.25) is 0 Å². The molecule has 0 aromatic heterocycles. The third-order valence-electron chi connectivity index (χ3n) is 4.63. The standard InChI is InChI=1S/C13H29N2/c1-6-12(5)14-10-13(7-2)15(8-3,9-4)11-14/h12-13H,6-11H2,1-5H3/q+1. The van der Waals surface area contributed by atoms with Crippen molar-refractivity contribution in [3.05, 3.63) is 0 Å². The van der Waals surface area contributed by atoms with Crippen LogP contribution in [0.4, 0.5) is 0 Å². The minimum Gasteiger partial charge on any atom is -0.308 e. The highest BCUT2D eigenvalue weighted by atomic mass is 15.5. The molecular weight excluding hydrogens is 184 g/mol. The summed E-state index contributed by atoms with van der Waals surface area (Å²) >= 11 is 0. The molecule has 0 saturated carbocycles. The molecule has 2 heteroatoms. The van der Waals surface area contributed by atoms with Gasteiger partial charge in [0.05, 0.1) is 19.6 Å². The Balaban J connectivity index is 2.73.